The Balaban J connectivity index is 0.000000203. The van der Waals surface area contributed by atoms with Crippen LogP contribution in [0.4, 0.5) is 11.4 Å². The van der Waals surface area contributed by atoms with Crippen LogP contribution in [0.2, 0.25) is 26.2 Å². The van der Waals surface area contributed by atoms with E-state index in [9.17, 15) is 0 Å². The summed E-state index contributed by atoms with van der Waals surface area (Å²) < 4.78 is 0. The van der Waals surface area contributed by atoms with E-state index in [1.54, 1.807) is 0 Å². The number of para-hydroxylation sites is 2. The van der Waals surface area contributed by atoms with Gasteiger partial charge in [-0.3, -0.25) is 0 Å². The van der Waals surface area contributed by atoms with Crippen molar-refractivity contribution >= 4 is 19.4 Å². The van der Waals surface area contributed by atoms with E-state index in [1.807, 2.05) is 66.7 Å². The van der Waals surface area contributed by atoms with Crippen LogP contribution in [0.5, 0.6) is 0 Å². The Bertz CT molecular complexity index is 3250. The third-order valence-corrected chi connectivity index (χ3v) is 12.3. The highest BCUT2D eigenvalue weighted by Gasteiger charge is 2.02. The molecule has 0 aliphatic heterocycles. The van der Waals surface area contributed by atoms with Crippen LogP contribution in [0.3, 0.4) is 0 Å². The molecule has 0 radical (unpaired) electrons. The van der Waals surface area contributed by atoms with E-state index < -0.39 is 8.07 Å². The lowest BCUT2D eigenvalue weighted by molar-refractivity contribution is 1.21. The predicted molar refractivity (Wildman–Crippen MR) is 363 cm³/mol. The third-order valence-electron chi connectivity index (χ3n) is 12.3. The van der Waals surface area contributed by atoms with Crippen LogP contribution in [-0.4, -0.2) is 15.1 Å². The Labute approximate surface area is 491 Å². The Hall–Kier alpha value is -8.56. The first-order valence-electron chi connectivity index (χ1n) is 28.2. The van der Waals surface area contributed by atoms with E-state index in [4.69, 9.17) is 0 Å². The molecule has 0 spiro atoms. The second kappa shape index (κ2) is 36.6. The fraction of sp³-hybridized carbons (Fsp3) is 0.165. The monoisotopic (exact) mass is 1080 g/mol. The summed E-state index contributed by atoms with van der Waals surface area (Å²) in [5.41, 5.74) is 20.9. The molecule has 0 amide bonds. The van der Waals surface area contributed by atoms with Gasteiger partial charge >= 0.3 is 0 Å². The van der Waals surface area contributed by atoms with Crippen LogP contribution in [-0.2, 0) is 0 Å². The molecule has 81 heavy (non-hydrogen) atoms. The number of aryl methyl sites for hydroxylation is 8. The van der Waals surface area contributed by atoms with Crippen LogP contribution in [0.1, 0.15) is 44.5 Å². The zero-order valence-electron chi connectivity index (χ0n) is 50.8. The van der Waals surface area contributed by atoms with E-state index in [-0.39, 0.29) is 0 Å². The molecule has 0 saturated heterocycles. The summed E-state index contributed by atoms with van der Waals surface area (Å²) in [6.45, 7) is 26.2. The largest absolute Gasteiger partial charge is 0.345 e. The SMILES string of the molecule is CN(c1ccccc1)c1ccccc1.C[Si](C)(C)C.Cc1ccc(-c2ccccc2)cc1.Cc1ccc(C)c(C)c1.Cc1cccc(-c2ccccc2)c1.Cc1ccccc1.Cc1ccccc1.Cc1ccccc1-c1ccccc1. The summed E-state index contributed by atoms with van der Waals surface area (Å²) in [6.07, 6.45) is 0. The summed E-state index contributed by atoms with van der Waals surface area (Å²) in [7, 11) is 1.46. The molecule has 11 aromatic carbocycles. The summed E-state index contributed by atoms with van der Waals surface area (Å²) in [4.78, 5) is 2.17. The van der Waals surface area contributed by atoms with Gasteiger partial charge in [0.15, 0.2) is 0 Å². The van der Waals surface area contributed by atoms with Crippen LogP contribution < -0.4 is 4.90 Å². The molecule has 0 saturated carbocycles. The molecule has 2 heteroatoms. The number of hydrogen-bond donors (Lipinski definition) is 0. The normalized spacial score (nSPS) is 9.79. The van der Waals surface area contributed by atoms with Crippen molar-refractivity contribution < 1.29 is 0 Å². The van der Waals surface area contributed by atoms with Crippen molar-refractivity contribution in [2.75, 3.05) is 11.9 Å². The van der Waals surface area contributed by atoms with Crippen LogP contribution in [0.25, 0.3) is 33.4 Å². The maximum absolute atomic E-state index is 2.33. The average molecular weight is 1080 g/mol. The van der Waals surface area contributed by atoms with Gasteiger partial charge in [-0.15, -0.1) is 0 Å². The Morgan fingerprint density at radius 1 is 0.222 bits per heavy atom. The third kappa shape index (κ3) is 27.7. The molecule has 0 aliphatic carbocycles. The van der Waals surface area contributed by atoms with Gasteiger partial charge in [0.2, 0.25) is 0 Å². The molecule has 11 rings (SSSR count). The number of nitrogens with zero attached hydrogens (tertiary/aromatic N) is 1. The fourth-order valence-corrected chi connectivity index (χ4v) is 7.76. The van der Waals surface area contributed by atoms with Crippen molar-refractivity contribution in [2.24, 2.45) is 0 Å². The smallest absolute Gasteiger partial charge is 0.0411 e. The van der Waals surface area contributed by atoms with Gasteiger partial charge in [0, 0.05) is 26.5 Å². The zero-order chi connectivity index (χ0) is 58.7. The molecule has 0 heterocycles. The molecule has 11 aromatic rings. The summed E-state index contributed by atoms with van der Waals surface area (Å²) in [5.74, 6) is 0. The maximum atomic E-state index is 2.33. The minimum Gasteiger partial charge on any atom is -0.345 e. The maximum Gasteiger partial charge on any atom is 0.0411 e. The Morgan fingerprint density at radius 2 is 0.519 bits per heavy atom. The van der Waals surface area contributed by atoms with E-state index in [0.717, 1.165) is 0 Å². The number of benzene rings is 11. The quantitative estimate of drug-likeness (QED) is 0.155. The molecule has 0 aliphatic rings. The molecular weight excluding hydrogens is 991 g/mol. The van der Waals surface area contributed by atoms with Gasteiger partial charge in [-0.25, -0.2) is 0 Å². The molecule has 0 aromatic heterocycles. The lowest BCUT2D eigenvalue weighted by atomic mass is 10.0. The predicted octanol–water partition coefficient (Wildman–Crippen LogP) is 23.0. The highest BCUT2D eigenvalue weighted by Crippen LogP contribution is 2.24. The molecule has 1 nitrogen and oxygen atoms in total. The lowest BCUT2D eigenvalue weighted by Gasteiger charge is -2.18. The van der Waals surface area contributed by atoms with Gasteiger partial charge in [0.05, 0.1) is 0 Å². The van der Waals surface area contributed by atoms with Crippen LogP contribution >= 0.6 is 0 Å². The first-order valence-corrected chi connectivity index (χ1v) is 32.2. The molecule has 0 fully saturated rings. The topological polar surface area (TPSA) is 3.24 Å². The molecule has 414 valence electrons. The van der Waals surface area contributed by atoms with Crippen molar-refractivity contribution in [1.82, 2.24) is 0 Å². The first kappa shape index (κ1) is 65.0. The molecule has 0 unspecified atom stereocenters. The minimum absolute atomic E-state index is 0.611. The summed E-state index contributed by atoms with van der Waals surface area (Å²) in [6, 6.07) is 105. The van der Waals surface area contributed by atoms with Crippen molar-refractivity contribution in [3.8, 4) is 33.4 Å². The second-order valence-corrected chi connectivity index (χ2v) is 27.8. The van der Waals surface area contributed by atoms with E-state index in [0.29, 0.717) is 0 Å². The van der Waals surface area contributed by atoms with Crippen molar-refractivity contribution in [3.63, 3.8) is 0 Å². The van der Waals surface area contributed by atoms with Crippen molar-refractivity contribution in [1.29, 1.82) is 0 Å². The summed E-state index contributed by atoms with van der Waals surface area (Å²) in [5, 5.41) is 0. The molecule has 0 atom stereocenters. The minimum atomic E-state index is -0.611. The van der Waals surface area contributed by atoms with Gasteiger partial charge in [-0.2, -0.15) is 0 Å². The van der Waals surface area contributed by atoms with E-state index in [2.05, 4.69) is 330 Å². The van der Waals surface area contributed by atoms with Gasteiger partial charge < -0.3 is 4.90 Å². The van der Waals surface area contributed by atoms with Gasteiger partial charge in [0.1, 0.15) is 0 Å². The van der Waals surface area contributed by atoms with Crippen molar-refractivity contribution in [3.05, 3.63) is 348 Å². The van der Waals surface area contributed by atoms with E-state index in [1.165, 1.54) is 89.3 Å². The fourth-order valence-electron chi connectivity index (χ4n) is 7.76. The number of hydrogen-bond acceptors (Lipinski definition) is 1. The molecule has 0 N–H and O–H groups in total. The number of rotatable bonds is 5. The molecule has 0 bridgehead atoms. The van der Waals surface area contributed by atoms with Gasteiger partial charge in [0.25, 0.3) is 0 Å². The van der Waals surface area contributed by atoms with Crippen molar-refractivity contribution in [2.45, 2.75) is 81.6 Å². The van der Waals surface area contributed by atoms with Gasteiger partial charge in [-0.1, -0.05) is 333 Å². The Morgan fingerprint density at radius 3 is 0.889 bits per heavy atom. The average Bonchev–Trinajstić information content (AvgIpc) is 3.48. The lowest BCUT2D eigenvalue weighted by Crippen LogP contribution is -2.10. The van der Waals surface area contributed by atoms with Crippen LogP contribution in [0.15, 0.2) is 303 Å². The standard InChI is InChI=1S/C13H13N.3C13H12.C9H12.2C7H8.C4H12Si/c1-14(12-8-4-2-5-9-12)13-10-6-3-7-11-13;1-11-7-5-6-10-13(11)12-8-3-2-4-9-12;1-11-6-5-9-13(10-11)12-7-3-2-4-8-12;1-11-7-9-13(10-8-11)12-5-3-2-4-6-12;1-7-4-5-8(2)9(3)6-7;2*1-7-5-3-2-4-6-7;1-5(2,3)4/h2-11H,1H3;3*2-10H,1H3;4-6H,1-3H3;2*2-6H,1H3;1-4H3. The van der Waals surface area contributed by atoms with Gasteiger partial charge in [-0.05, 0) is 130 Å². The highest BCUT2D eigenvalue weighted by atomic mass is 28.3. The zero-order valence-corrected chi connectivity index (χ0v) is 51.8. The van der Waals surface area contributed by atoms with E-state index >= 15 is 0 Å². The van der Waals surface area contributed by atoms with Crippen LogP contribution in [0, 0.1) is 55.4 Å². The Kier molecular flexibility index (Phi) is 29.3. The summed E-state index contributed by atoms with van der Waals surface area (Å²) >= 11 is 0. The number of anilines is 2. The highest BCUT2D eigenvalue weighted by molar-refractivity contribution is 6.74. The first-order chi connectivity index (χ1) is 39.0. The second-order valence-electron chi connectivity index (χ2n) is 21.8. The molecular formula is C79H89NSi.